The fourth-order valence-corrected chi connectivity index (χ4v) is 5.90. The molecule has 1 fully saturated rings. The third kappa shape index (κ3) is 1.98. The third-order valence-corrected chi connectivity index (χ3v) is 6.89. The Kier molecular flexibility index (Phi) is 3.61. The summed E-state index contributed by atoms with van der Waals surface area (Å²) in [6.07, 6.45) is 4.32. The second-order valence-electron chi connectivity index (χ2n) is 7.74. The average molecular weight is 371 g/mol. The highest BCUT2D eigenvalue weighted by Gasteiger charge is 2.65. The standard InChI is InChI=1S/C21H25NO5/c1-4-26-20(23)22-10-9-21-13-6-8-16(25-3)19(21)27-18-15(24-2)7-5-12(17(18)21)11-14(13)22/h5,7-8,13-14,19H,4,6,9-11H2,1-3H3/t13?,14?,19-,21-/m0/s1. The Morgan fingerprint density at radius 1 is 1.33 bits per heavy atom. The van der Waals surface area contributed by atoms with Crippen molar-refractivity contribution in [2.75, 3.05) is 27.4 Å². The molecule has 1 saturated heterocycles. The first kappa shape index (κ1) is 16.8. The minimum Gasteiger partial charge on any atom is -0.497 e. The minimum absolute atomic E-state index is 0.116. The number of rotatable bonds is 3. The van der Waals surface area contributed by atoms with Crippen LogP contribution in [-0.2, 0) is 21.3 Å². The van der Waals surface area contributed by atoms with Crippen LogP contribution in [0.4, 0.5) is 4.79 Å². The van der Waals surface area contributed by atoms with Gasteiger partial charge in [0.05, 0.1) is 26.2 Å². The van der Waals surface area contributed by atoms with E-state index in [1.165, 1.54) is 11.1 Å². The van der Waals surface area contributed by atoms with Crippen LogP contribution in [-0.4, -0.2) is 50.5 Å². The molecule has 4 aliphatic rings. The van der Waals surface area contributed by atoms with Gasteiger partial charge in [0.2, 0.25) is 0 Å². The molecule has 1 amide bonds. The number of piperidine rings is 1. The summed E-state index contributed by atoms with van der Waals surface area (Å²) in [5, 5.41) is 0. The Bertz CT molecular complexity index is 834. The Labute approximate surface area is 159 Å². The molecule has 2 aliphatic heterocycles. The minimum atomic E-state index is -0.202. The summed E-state index contributed by atoms with van der Waals surface area (Å²) >= 11 is 0. The number of ether oxygens (including phenoxy) is 4. The zero-order chi connectivity index (χ0) is 18.8. The van der Waals surface area contributed by atoms with Gasteiger partial charge in [0.25, 0.3) is 0 Å². The summed E-state index contributed by atoms with van der Waals surface area (Å²) in [4.78, 5) is 14.5. The van der Waals surface area contributed by atoms with Crippen LogP contribution >= 0.6 is 0 Å². The fourth-order valence-electron chi connectivity index (χ4n) is 5.90. The highest BCUT2D eigenvalue weighted by Crippen LogP contribution is 2.63. The number of carbonyl (C=O) groups is 1. The van der Waals surface area contributed by atoms with Gasteiger partial charge >= 0.3 is 6.09 Å². The van der Waals surface area contributed by atoms with Gasteiger partial charge in [0.1, 0.15) is 5.76 Å². The SMILES string of the molecule is CCOC(=O)N1CC[C@]23c4c5ccc(OC)c4O[C@H]2C(OC)=CCC3C1C5. The lowest BCUT2D eigenvalue weighted by Crippen LogP contribution is -2.65. The predicted octanol–water partition coefficient (Wildman–Crippen LogP) is 3.03. The van der Waals surface area contributed by atoms with Gasteiger partial charge in [-0.3, -0.25) is 0 Å². The van der Waals surface area contributed by atoms with Crippen molar-refractivity contribution in [3.8, 4) is 11.5 Å². The van der Waals surface area contributed by atoms with E-state index in [2.05, 4.69) is 12.1 Å². The summed E-state index contributed by atoms with van der Waals surface area (Å²) in [6, 6.07) is 4.22. The number of allylic oxidation sites excluding steroid dienone is 1. The van der Waals surface area contributed by atoms with Gasteiger partial charge in [-0.05, 0) is 49.8 Å². The number of likely N-dealkylation sites (tertiary alicyclic amines) is 1. The van der Waals surface area contributed by atoms with E-state index in [0.29, 0.717) is 19.1 Å². The lowest BCUT2D eigenvalue weighted by molar-refractivity contribution is -0.0332. The van der Waals surface area contributed by atoms with E-state index in [0.717, 1.165) is 36.5 Å². The van der Waals surface area contributed by atoms with Gasteiger partial charge < -0.3 is 23.8 Å². The summed E-state index contributed by atoms with van der Waals surface area (Å²) < 4.78 is 23.2. The van der Waals surface area contributed by atoms with Crippen LogP contribution in [0.3, 0.4) is 0 Å². The van der Waals surface area contributed by atoms with Gasteiger partial charge in [0.15, 0.2) is 17.6 Å². The van der Waals surface area contributed by atoms with Gasteiger partial charge in [0, 0.05) is 18.2 Å². The predicted molar refractivity (Wildman–Crippen MR) is 98.1 cm³/mol. The molecule has 2 bridgehead atoms. The van der Waals surface area contributed by atoms with Gasteiger partial charge in [-0.25, -0.2) is 4.79 Å². The summed E-state index contributed by atoms with van der Waals surface area (Å²) in [5.74, 6) is 2.82. The van der Waals surface area contributed by atoms with Crippen LogP contribution in [0.5, 0.6) is 11.5 Å². The van der Waals surface area contributed by atoms with Crippen LogP contribution in [0.2, 0.25) is 0 Å². The highest BCUT2D eigenvalue weighted by atomic mass is 16.6. The van der Waals surface area contributed by atoms with Crippen molar-refractivity contribution in [3.63, 3.8) is 0 Å². The van der Waals surface area contributed by atoms with Gasteiger partial charge in [-0.2, -0.15) is 0 Å². The first-order chi connectivity index (χ1) is 13.2. The quantitative estimate of drug-likeness (QED) is 0.817. The zero-order valence-corrected chi connectivity index (χ0v) is 16.0. The van der Waals surface area contributed by atoms with Gasteiger partial charge in [-0.1, -0.05) is 6.07 Å². The van der Waals surface area contributed by atoms with Crippen LogP contribution < -0.4 is 9.47 Å². The van der Waals surface area contributed by atoms with E-state index in [4.69, 9.17) is 18.9 Å². The summed E-state index contributed by atoms with van der Waals surface area (Å²) in [7, 11) is 3.39. The molecule has 1 aromatic carbocycles. The van der Waals surface area contributed by atoms with E-state index < -0.39 is 0 Å². The Hall–Kier alpha value is -2.37. The molecule has 4 atom stereocenters. The van der Waals surface area contributed by atoms with E-state index in [1.54, 1.807) is 14.2 Å². The van der Waals surface area contributed by atoms with E-state index in [1.807, 2.05) is 17.9 Å². The second-order valence-corrected chi connectivity index (χ2v) is 7.74. The molecule has 0 aromatic heterocycles. The number of benzene rings is 1. The number of amides is 1. The van der Waals surface area contributed by atoms with E-state index in [-0.39, 0.29) is 23.7 Å². The van der Waals surface area contributed by atoms with E-state index in [9.17, 15) is 4.79 Å². The molecule has 0 radical (unpaired) electrons. The monoisotopic (exact) mass is 371 g/mol. The van der Waals surface area contributed by atoms with Gasteiger partial charge in [-0.15, -0.1) is 0 Å². The first-order valence-corrected chi connectivity index (χ1v) is 9.70. The normalized spacial score (nSPS) is 32.2. The zero-order valence-electron chi connectivity index (χ0n) is 16.0. The average Bonchev–Trinajstić information content (AvgIpc) is 3.02. The van der Waals surface area contributed by atoms with Crippen molar-refractivity contribution in [1.29, 1.82) is 0 Å². The summed E-state index contributed by atoms with van der Waals surface area (Å²) in [5.41, 5.74) is 2.37. The maximum Gasteiger partial charge on any atom is 0.410 e. The molecule has 0 N–H and O–H groups in total. The van der Waals surface area contributed by atoms with Crippen molar-refractivity contribution in [2.45, 2.75) is 43.7 Å². The number of hydrogen-bond donors (Lipinski definition) is 0. The lowest BCUT2D eigenvalue weighted by Gasteiger charge is -2.56. The molecule has 6 nitrogen and oxygen atoms in total. The van der Waals surface area contributed by atoms with Crippen LogP contribution in [0.25, 0.3) is 0 Å². The van der Waals surface area contributed by atoms with Crippen LogP contribution in [0, 0.1) is 5.92 Å². The van der Waals surface area contributed by atoms with E-state index >= 15 is 0 Å². The van der Waals surface area contributed by atoms with Crippen molar-refractivity contribution in [3.05, 3.63) is 35.1 Å². The molecular formula is C21H25NO5. The van der Waals surface area contributed by atoms with Crippen molar-refractivity contribution >= 4 is 6.09 Å². The van der Waals surface area contributed by atoms with Crippen LogP contribution in [0.15, 0.2) is 24.0 Å². The fraction of sp³-hybridized carbons (Fsp3) is 0.571. The van der Waals surface area contributed by atoms with Crippen molar-refractivity contribution < 1.29 is 23.7 Å². The molecule has 144 valence electrons. The smallest absolute Gasteiger partial charge is 0.410 e. The molecule has 6 heteroatoms. The first-order valence-electron chi connectivity index (χ1n) is 9.70. The number of carbonyl (C=O) groups excluding carboxylic acids is 1. The topological polar surface area (TPSA) is 57.2 Å². The van der Waals surface area contributed by atoms with Crippen molar-refractivity contribution in [2.24, 2.45) is 5.92 Å². The molecule has 2 unspecified atom stereocenters. The number of hydrogen-bond acceptors (Lipinski definition) is 5. The molecule has 5 rings (SSSR count). The maximum atomic E-state index is 12.6. The molecule has 1 aromatic rings. The molecule has 27 heavy (non-hydrogen) atoms. The molecule has 2 aliphatic carbocycles. The number of methoxy groups -OCH3 is 2. The summed E-state index contributed by atoms with van der Waals surface area (Å²) in [6.45, 7) is 2.93. The maximum absolute atomic E-state index is 12.6. The van der Waals surface area contributed by atoms with Crippen molar-refractivity contribution in [1.82, 2.24) is 4.90 Å². The largest absolute Gasteiger partial charge is 0.497 e. The Morgan fingerprint density at radius 3 is 2.93 bits per heavy atom. The second kappa shape index (κ2) is 5.81. The Balaban J connectivity index is 1.69. The Morgan fingerprint density at radius 2 is 2.19 bits per heavy atom. The molecule has 2 heterocycles. The third-order valence-electron chi connectivity index (χ3n) is 6.89. The number of nitrogens with zero attached hydrogens (tertiary/aromatic N) is 1. The molecule has 1 spiro atoms. The molecule has 0 saturated carbocycles. The van der Waals surface area contributed by atoms with Crippen LogP contribution in [0.1, 0.15) is 30.9 Å². The lowest BCUT2D eigenvalue weighted by atomic mass is 9.53. The highest BCUT2D eigenvalue weighted by molar-refractivity contribution is 5.70. The molecular weight excluding hydrogens is 346 g/mol.